The molecule has 0 saturated heterocycles. The highest BCUT2D eigenvalue weighted by atomic mass is 16.6. The number of carbonyl (C=O) groups excluding carboxylic acids is 2. The minimum atomic E-state index is -0.432. The molecule has 0 N–H and O–H groups in total. The first-order valence-electron chi connectivity index (χ1n) is 12.0. The van der Waals surface area contributed by atoms with Gasteiger partial charge in [0.2, 0.25) is 0 Å². The zero-order chi connectivity index (χ0) is 20.7. The van der Waals surface area contributed by atoms with Gasteiger partial charge in [-0.25, -0.2) is 4.79 Å². The molecule has 4 nitrogen and oxygen atoms in total. The van der Waals surface area contributed by atoms with E-state index in [4.69, 9.17) is 9.47 Å². The van der Waals surface area contributed by atoms with Crippen molar-refractivity contribution in [2.45, 2.75) is 129 Å². The average molecular weight is 399 g/mol. The van der Waals surface area contributed by atoms with E-state index in [-0.39, 0.29) is 12.6 Å². The molecule has 166 valence electrons. The fourth-order valence-electron chi connectivity index (χ4n) is 3.26. The fourth-order valence-corrected chi connectivity index (χ4v) is 3.26. The van der Waals surface area contributed by atoms with Crippen LogP contribution in [0, 0.1) is 0 Å². The van der Waals surface area contributed by atoms with Crippen molar-refractivity contribution in [1.82, 2.24) is 0 Å². The van der Waals surface area contributed by atoms with E-state index in [1.165, 1.54) is 77.0 Å². The van der Waals surface area contributed by atoms with Gasteiger partial charge in [0.05, 0.1) is 6.61 Å². The maximum atomic E-state index is 11.5. The van der Waals surface area contributed by atoms with Crippen LogP contribution in [0.1, 0.15) is 129 Å². The molecule has 0 fully saturated rings. The van der Waals surface area contributed by atoms with Crippen LogP contribution in [-0.2, 0) is 19.1 Å². The van der Waals surface area contributed by atoms with Gasteiger partial charge < -0.3 is 9.47 Å². The average Bonchev–Trinajstić information content (AvgIpc) is 2.69. The SMILES string of the molecule is CCCCCCCCCCCCCCCCOC(=O)COC(=O)CCCCC. The molecular weight excluding hydrogens is 352 g/mol. The van der Waals surface area contributed by atoms with Crippen molar-refractivity contribution in [2.24, 2.45) is 0 Å². The van der Waals surface area contributed by atoms with Crippen molar-refractivity contribution >= 4 is 11.9 Å². The van der Waals surface area contributed by atoms with Crippen LogP contribution in [-0.4, -0.2) is 25.2 Å². The summed E-state index contributed by atoms with van der Waals surface area (Å²) in [4.78, 5) is 22.9. The summed E-state index contributed by atoms with van der Waals surface area (Å²) in [6.45, 7) is 4.54. The zero-order valence-electron chi connectivity index (χ0n) is 18.8. The predicted molar refractivity (Wildman–Crippen MR) is 116 cm³/mol. The summed E-state index contributed by atoms with van der Waals surface area (Å²) < 4.78 is 10.0. The van der Waals surface area contributed by atoms with Gasteiger partial charge in [-0.3, -0.25) is 4.79 Å². The third-order valence-electron chi connectivity index (χ3n) is 5.10. The lowest BCUT2D eigenvalue weighted by Gasteiger charge is -2.06. The summed E-state index contributed by atoms with van der Waals surface area (Å²) in [6, 6.07) is 0. The van der Waals surface area contributed by atoms with E-state index in [1.807, 2.05) is 0 Å². The number of hydrogen-bond donors (Lipinski definition) is 0. The monoisotopic (exact) mass is 398 g/mol. The second kappa shape index (κ2) is 22.2. The van der Waals surface area contributed by atoms with Gasteiger partial charge in [-0.05, 0) is 12.8 Å². The lowest BCUT2D eigenvalue weighted by molar-refractivity contribution is -0.158. The first-order chi connectivity index (χ1) is 13.7. The van der Waals surface area contributed by atoms with Crippen LogP contribution in [0.5, 0.6) is 0 Å². The molecule has 28 heavy (non-hydrogen) atoms. The molecule has 0 aromatic rings. The van der Waals surface area contributed by atoms with E-state index in [9.17, 15) is 9.59 Å². The van der Waals surface area contributed by atoms with Gasteiger partial charge in [0.15, 0.2) is 6.61 Å². The van der Waals surface area contributed by atoms with E-state index in [0.717, 1.165) is 32.1 Å². The predicted octanol–water partition coefficient (Wildman–Crippen LogP) is 7.13. The van der Waals surface area contributed by atoms with Crippen molar-refractivity contribution in [3.8, 4) is 0 Å². The van der Waals surface area contributed by atoms with Crippen molar-refractivity contribution in [3.05, 3.63) is 0 Å². The van der Waals surface area contributed by atoms with Gasteiger partial charge in [-0.2, -0.15) is 0 Å². The van der Waals surface area contributed by atoms with Crippen molar-refractivity contribution in [2.75, 3.05) is 13.2 Å². The van der Waals surface area contributed by atoms with Gasteiger partial charge in [-0.15, -0.1) is 0 Å². The number of rotatable bonds is 21. The summed E-state index contributed by atoms with van der Waals surface area (Å²) in [5, 5.41) is 0. The maximum absolute atomic E-state index is 11.5. The molecule has 0 unspecified atom stereocenters. The van der Waals surface area contributed by atoms with E-state index >= 15 is 0 Å². The molecule has 0 heterocycles. The maximum Gasteiger partial charge on any atom is 0.344 e. The number of carbonyl (C=O) groups is 2. The molecule has 0 aromatic carbocycles. The third-order valence-corrected chi connectivity index (χ3v) is 5.10. The van der Waals surface area contributed by atoms with E-state index in [1.54, 1.807) is 0 Å². The Morgan fingerprint density at radius 1 is 0.500 bits per heavy atom. The van der Waals surface area contributed by atoms with Crippen molar-refractivity contribution < 1.29 is 19.1 Å². The standard InChI is InChI=1S/C24H46O4/c1-3-5-7-8-9-10-11-12-13-14-15-16-17-19-21-27-24(26)22-28-23(25)20-18-6-4-2/h3-22H2,1-2H3. The van der Waals surface area contributed by atoms with E-state index in [0.29, 0.717) is 13.0 Å². The first kappa shape index (κ1) is 26.9. The molecule has 0 aromatic heterocycles. The van der Waals surface area contributed by atoms with Gasteiger partial charge in [0, 0.05) is 6.42 Å². The summed E-state index contributed by atoms with van der Waals surface area (Å²) in [6.07, 6.45) is 21.6. The Hall–Kier alpha value is -1.06. The third kappa shape index (κ3) is 21.2. The first-order valence-corrected chi connectivity index (χ1v) is 12.0. The lowest BCUT2D eigenvalue weighted by atomic mass is 10.0. The normalized spacial score (nSPS) is 10.8. The topological polar surface area (TPSA) is 52.6 Å². The molecule has 0 amide bonds. The van der Waals surface area contributed by atoms with Crippen molar-refractivity contribution in [3.63, 3.8) is 0 Å². The van der Waals surface area contributed by atoms with Gasteiger partial charge in [-0.1, -0.05) is 110 Å². The highest BCUT2D eigenvalue weighted by Crippen LogP contribution is 2.13. The number of hydrogen-bond acceptors (Lipinski definition) is 4. The summed E-state index contributed by atoms with van der Waals surface area (Å²) in [7, 11) is 0. The van der Waals surface area contributed by atoms with Crippen LogP contribution in [0.15, 0.2) is 0 Å². The largest absolute Gasteiger partial charge is 0.463 e. The fraction of sp³-hybridized carbons (Fsp3) is 0.917. The number of unbranched alkanes of at least 4 members (excludes halogenated alkanes) is 15. The van der Waals surface area contributed by atoms with Crippen LogP contribution >= 0.6 is 0 Å². The Kier molecular flexibility index (Phi) is 21.4. The Balaban J connectivity index is 3.22. The molecule has 0 aliphatic carbocycles. The summed E-state index contributed by atoms with van der Waals surface area (Å²) >= 11 is 0. The van der Waals surface area contributed by atoms with Crippen LogP contribution in [0.25, 0.3) is 0 Å². The molecule has 0 saturated carbocycles. The van der Waals surface area contributed by atoms with Gasteiger partial charge >= 0.3 is 11.9 Å². The van der Waals surface area contributed by atoms with Gasteiger partial charge in [0.25, 0.3) is 0 Å². The Morgan fingerprint density at radius 3 is 1.43 bits per heavy atom. The Morgan fingerprint density at radius 2 is 0.929 bits per heavy atom. The highest BCUT2D eigenvalue weighted by molar-refractivity contribution is 5.76. The smallest absolute Gasteiger partial charge is 0.344 e. The highest BCUT2D eigenvalue weighted by Gasteiger charge is 2.08. The van der Waals surface area contributed by atoms with Crippen molar-refractivity contribution in [1.29, 1.82) is 0 Å². The molecule has 4 heteroatoms. The number of ether oxygens (including phenoxy) is 2. The molecule has 0 spiro atoms. The van der Waals surface area contributed by atoms with Crippen LogP contribution in [0.3, 0.4) is 0 Å². The Bertz CT molecular complexity index is 355. The molecule has 0 atom stereocenters. The van der Waals surface area contributed by atoms with Gasteiger partial charge in [0.1, 0.15) is 0 Å². The lowest BCUT2D eigenvalue weighted by Crippen LogP contribution is -2.16. The second-order valence-corrected chi connectivity index (χ2v) is 7.93. The minimum Gasteiger partial charge on any atom is -0.463 e. The second-order valence-electron chi connectivity index (χ2n) is 7.93. The molecule has 0 aliphatic heterocycles. The molecule has 0 aliphatic rings. The number of esters is 2. The Labute approximate surface area is 174 Å². The van der Waals surface area contributed by atoms with E-state index < -0.39 is 5.97 Å². The summed E-state index contributed by atoms with van der Waals surface area (Å²) in [5.74, 6) is -0.736. The summed E-state index contributed by atoms with van der Waals surface area (Å²) in [5.41, 5.74) is 0. The van der Waals surface area contributed by atoms with E-state index in [2.05, 4.69) is 13.8 Å². The van der Waals surface area contributed by atoms with Crippen LogP contribution in [0.2, 0.25) is 0 Å². The van der Waals surface area contributed by atoms with Crippen LogP contribution in [0.4, 0.5) is 0 Å². The zero-order valence-corrected chi connectivity index (χ0v) is 18.8. The minimum absolute atomic E-state index is 0.246. The molecule has 0 radical (unpaired) electrons. The van der Waals surface area contributed by atoms with Crippen LogP contribution < -0.4 is 0 Å². The quantitative estimate of drug-likeness (QED) is 0.152. The molecule has 0 rings (SSSR count). The molecule has 0 bridgehead atoms. The molecular formula is C24H46O4.